The first kappa shape index (κ1) is 17.4. The molecule has 6 nitrogen and oxygen atoms in total. The van der Waals surface area contributed by atoms with Gasteiger partial charge >= 0.3 is 0 Å². The quantitative estimate of drug-likeness (QED) is 0.741. The lowest BCUT2D eigenvalue weighted by Crippen LogP contribution is -2.28. The number of fused-ring (bicyclic) bond motifs is 2. The molecule has 3 aromatic rings. The van der Waals surface area contributed by atoms with E-state index in [-0.39, 0.29) is 5.56 Å². The van der Waals surface area contributed by atoms with Crippen molar-refractivity contribution in [3.05, 3.63) is 57.0 Å². The Morgan fingerprint density at radius 2 is 1.96 bits per heavy atom. The molecule has 8 heteroatoms. The number of benzene rings is 1. The number of rotatable bonds is 3. The van der Waals surface area contributed by atoms with Gasteiger partial charge in [0.1, 0.15) is 10.5 Å². The van der Waals surface area contributed by atoms with E-state index in [2.05, 4.69) is 14.9 Å². The van der Waals surface area contributed by atoms with Gasteiger partial charge < -0.3 is 4.98 Å². The summed E-state index contributed by atoms with van der Waals surface area (Å²) in [5, 5.41) is 1.87. The van der Waals surface area contributed by atoms with Gasteiger partial charge in [0.05, 0.1) is 17.0 Å². The molecular weight excluding hydrogens is 370 g/mol. The van der Waals surface area contributed by atoms with Crippen LogP contribution < -0.4 is 5.56 Å². The summed E-state index contributed by atoms with van der Waals surface area (Å²) in [5.41, 5.74) is 2.93. The Labute approximate surface area is 155 Å². The number of sulfone groups is 1. The van der Waals surface area contributed by atoms with Gasteiger partial charge in [0.25, 0.3) is 5.56 Å². The fourth-order valence-electron chi connectivity index (χ4n) is 3.34. The highest BCUT2D eigenvalue weighted by Crippen LogP contribution is 2.21. The van der Waals surface area contributed by atoms with E-state index in [0.29, 0.717) is 22.0 Å². The van der Waals surface area contributed by atoms with E-state index in [1.165, 1.54) is 23.2 Å². The Bertz CT molecular complexity index is 1130. The Balaban J connectivity index is 1.54. The lowest BCUT2D eigenvalue weighted by Gasteiger charge is -2.18. The van der Waals surface area contributed by atoms with Crippen LogP contribution in [0.4, 0.5) is 0 Å². The van der Waals surface area contributed by atoms with Crippen LogP contribution >= 0.6 is 11.3 Å². The molecule has 0 fully saturated rings. The molecule has 0 atom stereocenters. The first-order valence-corrected chi connectivity index (χ1v) is 11.2. The molecular formula is C18H19N3O3S2. The molecule has 1 aromatic carbocycles. The number of aromatic amines is 1. The molecule has 0 aliphatic carbocycles. The number of H-pyrrole nitrogens is 1. The third kappa shape index (κ3) is 3.44. The van der Waals surface area contributed by atoms with Gasteiger partial charge in [0.15, 0.2) is 9.84 Å². The minimum Gasteiger partial charge on any atom is -0.308 e. The standard InChI is InChI=1S/C18H19N3O3S2/c1-26(23,24)14-3-2-12-4-7-21(8-5-13(12)10-14)11-16-19-15-6-9-25-17(15)18(22)20-16/h2-3,6,9-10H,4-5,7-8,11H2,1H3,(H,19,20,22). The molecule has 136 valence electrons. The molecule has 0 saturated carbocycles. The number of aromatic nitrogens is 2. The van der Waals surface area contributed by atoms with Crippen molar-refractivity contribution in [1.29, 1.82) is 0 Å². The highest BCUT2D eigenvalue weighted by Gasteiger charge is 2.18. The minimum absolute atomic E-state index is 0.0871. The van der Waals surface area contributed by atoms with Crippen LogP contribution in [0.1, 0.15) is 17.0 Å². The van der Waals surface area contributed by atoms with Crippen molar-refractivity contribution in [1.82, 2.24) is 14.9 Å². The van der Waals surface area contributed by atoms with E-state index in [4.69, 9.17) is 0 Å². The van der Waals surface area contributed by atoms with Gasteiger partial charge in [-0.2, -0.15) is 0 Å². The zero-order valence-electron chi connectivity index (χ0n) is 14.4. The molecule has 0 unspecified atom stereocenters. The molecule has 0 bridgehead atoms. The van der Waals surface area contributed by atoms with Gasteiger partial charge in [-0.15, -0.1) is 11.3 Å². The third-order valence-corrected chi connectivity index (χ3v) is 6.75. The molecule has 26 heavy (non-hydrogen) atoms. The van der Waals surface area contributed by atoms with Gasteiger partial charge in [-0.05, 0) is 47.5 Å². The Hall–Kier alpha value is -2.03. The summed E-state index contributed by atoms with van der Waals surface area (Å²) in [6.45, 7) is 2.22. The van der Waals surface area contributed by atoms with E-state index in [1.54, 1.807) is 12.1 Å². The van der Waals surface area contributed by atoms with Crippen molar-refractivity contribution in [2.24, 2.45) is 0 Å². The largest absolute Gasteiger partial charge is 0.308 e. The van der Waals surface area contributed by atoms with Gasteiger partial charge in [-0.3, -0.25) is 9.69 Å². The molecule has 4 rings (SSSR count). The molecule has 0 saturated heterocycles. The average molecular weight is 390 g/mol. The summed E-state index contributed by atoms with van der Waals surface area (Å²) in [4.78, 5) is 22.2. The molecule has 1 N–H and O–H groups in total. The van der Waals surface area contributed by atoms with Crippen LogP contribution in [0.5, 0.6) is 0 Å². The zero-order valence-corrected chi connectivity index (χ0v) is 16.0. The van der Waals surface area contributed by atoms with Crippen LogP contribution in [0, 0.1) is 0 Å². The van der Waals surface area contributed by atoms with E-state index in [9.17, 15) is 13.2 Å². The van der Waals surface area contributed by atoms with Crippen molar-refractivity contribution in [3.63, 3.8) is 0 Å². The molecule has 1 aliphatic heterocycles. The summed E-state index contributed by atoms with van der Waals surface area (Å²) >= 11 is 1.40. The predicted molar refractivity (Wildman–Crippen MR) is 102 cm³/mol. The molecule has 3 heterocycles. The van der Waals surface area contributed by atoms with Crippen LogP contribution in [0.15, 0.2) is 39.3 Å². The van der Waals surface area contributed by atoms with Gasteiger partial charge in [0.2, 0.25) is 0 Å². The maximum Gasteiger partial charge on any atom is 0.268 e. The summed E-state index contributed by atoms with van der Waals surface area (Å²) in [5.74, 6) is 0.670. The molecule has 0 radical (unpaired) electrons. The monoisotopic (exact) mass is 389 g/mol. The Morgan fingerprint density at radius 1 is 1.19 bits per heavy atom. The smallest absolute Gasteiger partial charge is 0.268 e. The minimum atomic E-state index is -3.19. The third-order valence-electron chi connectivity index (χ3n) is 4.74. The number of thiophene rings is 1. The second kappa shape index (κ2) is 6.61. The van der Waals surface area contributed by atoms with E-state index in [0.717, 1.165) is 37.0 Å². The predicted octanol–water partition coefficient (Wildman–Crippen LogP) is 1.99. The number of hydrogen-bond acceptors (Lipinski definition) is 6. The lowest BCUT2D eigenvalue weighted by atomic mass is 10.0. The summed E-state index contributed by atoms with van der Waals surface area (Å²) in [6, 6.07) is 7.27. The zero-order chi connectivity index (χ0) is 18.3. The highest BCUT2D eigenvalue weighted by atomic mass is 32.2. The molecule has 0 amide bonds. The first-order chi connectivity index (χ1) is 12.4. The normalized spacial score (nSPS) is 15.7. The van der Waals surface area contributed by atoms with Crippen LogP contribution in [-0.4, -0.2) is 42.6 Å². The second-order valence-corrected chi connectivity index (χ2v) is 9.56. The van der Waals surface area contributed by atoms with Crippen LogP contribution in [0.25, 0.3) is 10.2 Å². The fraction of sp³-hybridized carbons (Fsp3) is 0.333. The average Bonchev–Trinajstić information content (AvgIpc) is 2.97. The van der Waals surface area contributed by atoms with Crippen molar-refractivity contribution in [2.45, 2.75) is 24.3 Å². The van der Waals surface area contributed by atoms with Crippen LogP contribution in [0.3, 0.4) is 0 Å². The highest BCUT2D eigenvalue weighted by molar-refractivity contribution is 7.90. The van der Waals surface area contributed by atoms with Crippen LogP contribution in [0.2, 0.25) is 0 Å². The molecule has 2 aromatic heterocycles. The summed E-state index contributed by atoms with van der Waals surface area (Å²) in [6.07, 6.45) is 2.87. The van der Waals surface area contributed by atoms with Gasteiger partial charge in [-0.1, -0.05) is 6.07 Å². The van der Waals surface area contributed by atoms with Crippen molar-refractivity contribution >= 4 is 31.4 Å². The maximum absolute atomic E-state index is 12.1. The van der Waals surface area contributed by atoms with Crippen LogP contribution in [-0.2, 0) is 29.2 Å². The van der Waals surface area contributed by atoms with Gasteiger partial charge in [0, 0.05) is 19.3 Å². The van der Waals surface area contributed by atoms with E-state index < -0.39 is 9.84 Å². The molecule has 1 aliphatic rings. The van der Waals surface area contributed by atoms with E-state index in [1.807, 2.05) is 17.5 Å². The Kier molecular flexibility index (Phi) is 4.42. The van der Waals surface area contributed by atoms with Crippen molar-refractivity contribution < 1.29 is 8.42 Å². The second-order valence-electron chi connectivity index (χ2n) is 6.63. The number of hydrogen-bond donors (Lipinski definition) is 1. The number of nitrogens with zero attached hydrogens (tertiary/aromatic N) is 2. The first-order valence-electron chi connectivity index (χ1n) is 8.41. The lowest BCUT2D eigenvalue weighted by molar-refractivity contribution is 0.272. The van der Waals surface area contributed by atoms with E-state index >= 15 is 0 Å². The Morgan fingerprint density at radius 3 is 2.73 bits per heavy atom. The number of nitrogens with one attached hydrogen (secondary N) is 1. The van der Waals surface area contributed by atoms with Gasteiger partial charge in [-0.25, -0.2) is 13.4 Å². The molecule has 0 spiro atoms. The topological polar surface area (TPSA) is 83.1 Å². The van der Waals surface area contributed by atoms with Crippen molar-refractivity contribution in [2.75, 3.05) is 19.3 Å². The summed E-state index contributed by atoms with van der Waals surface area (Å²) in [7, 11) is -3.19. The summed E-state index contributed by atoms with van der Waals surface area (Å²) < 4.78 is 24.2. The van der Waals surface area contributed by atoms with Crippen molar-refractivity contribution in [3.8, 4) is 0 Å². The maximum atomic E-state index is 12.1. The fourth-order valence-corrected chi connectivity index (χ4v) is 4.74. The SMILES string of the molecule is CS(=O)(=O)c1ccc2c(c1)CCN(Cc1nc3ccsc3c(=O)[nH]1)CC2.